The molecule has 0 unspecified atom stereocenters. The Morgan fingerprint density at radius 2 is 1.72 bits per heavy atom. The summed E-state index contributed by atoms with van der Waals surface area (Å²) in [6.07, 6.45) is 1.01. The molecule has 0 heterocycles. The summed E-state index contributed by atoms with van der Waals surface area (Å²) in [5, 5.41) is 9.19. The molecule has 29 heavy (non-hydrogen) atoms. The van der Waals surface area contributed by atoms with Crippen LogP contribution in [0.4, 0.5) is 0 Å². The molecule has 5 nitrogen and oxygen atoms in total. The highest BCUT2D eigenvalue weighted by molar-refractivity contribution is 5.72. The lowest BCUT2D eigenvalue weighted by Crippen LogP contribution is -2.39. The minimum atomic E-state index is -0.516. The fourth-order valence-corrected chi connectivity index (χ4v) is 2.93. The number of likely N-dealkylation sites (N-methyl/N-ethyl adjacent to an activating group) is 1. The summed E-state index contributed by atoms with van der Waals surface area (Å²) in [4.78, 5) is 14.0. The Bertz CT molecular complexity index is 805. The molecular weight excluding hydrogens is 364 g/mol. The first-order valence-electron chi connectivity index (χ1n) is 9.81. The summed E-state index contributed by atoms with van der Waals surface area (Å²) in [6.45, 7) is 6.22. The maximum atomic E-state index is 12.1. The van der Waals surface area contributed by atoms with Crippen LogP contribution >= 0.6 is 0 Å². The lowest BCUT2D eigenvalue weighted by atomic mass is 10.0. The number of esters is 1. The van der Waals surface area contributed by atoms with E-state index in [9.17, 15) is 10.1 Å². The van der Waals surface area contributed by atoms with E-state index in [0.29, 0.717) is 19.4 Å². The molecule has 2 aromatic carbocycles. The number of nitriles is 1. The smallest absolute Gasteiger partial charge is 0.320 e. The number of rotatable bonds is 9. The van der Waals surface area contributed by atoms with Gasteiger partial charge in [0.25, 0.3) is 0 Å². The molecule has 0 aliphatic heterocycles. The Hall–Kier alpha value is -2.84. The van der Waals surface area contributed by atoms with Crippen LogP contribution in [0.1, 0.15) is 38.3 Å². The molecule has 0 aromatic heterocycles. The molecule has 5 heteroatoms. The number of nitrogens with zero attached hydrogens (tertiary/aromatic N) is 2. The summed E-state index contributed by atoms with van der Waals surface area (Å²) in [6, 6.07) is 20.1. The first kappa shape index (κ1) is 22.4. The van der Waals surface area contributed by atoms with Crippen LogP contribution in [0.15, 0.2) is 54.6 Å². The van der Waals surface area contributed by atoms with Crippen molar-refractivity contribution in [2.24, 2.45) is 0 Å². The zero-order valence-electron chi connectivity index (χ0n) is 17.7. The van der Waals surface area contributed by atoms with Crippen LogP contribution in [0.5, 0.6) is 5.75 Å². The SMILES string of the molecule is CN(CC(=O)OC(C)(C)C)[C@H](CC#N)Cc1ccc(OCc2ccccc2)cc1. The molecule has 0 saturated heterocycles. The summed E-state index contributed by atoms with van der Waals surface area (Å²) >= 11 is 0. The van der Waals surface area contributed by atoms with Gasteiger partial charge in [-0.3, -0.25) is 9.69 Å². The highest BCUT2D eigenvalue weighted by Crippen LogP contribution is 2.18. The summed E-state index contributed by atoms with van der Waals surface area (Å²) in [5.41, 5.74) is 1.70. The van der Waals surface area contributed by atoms with Gasteiger partial charge in [0.15, 0.2) is 0 Å². The second kappa shape index (κ2) is 10.6. The highest BCUT2D eigenvalue weighted by atomic mass is 16.6. The third-order valence-corrected chi connectivity index (χ3v) is 4.39. The summed E-state index contributed by atoms with van der Waals surface area (Å²) < 4.78 is 11.2. The van der Waals surface area contributed by atoms with Crippen LogP contribution in [-0.2, 0) is 22.6 Å². The minimum absolute atomic E-state index is 0.0661. The number of hydrogen-bond acceptors (Lipinski definition) is 5. The largest absolute Gasteiger partial charge is 0.489 e. The number of carbonyl (C=O) groups is 1. The van der Waals surface area contributed by atoms with E-state index in [2.05, 4.69) is 6.07 Å². The van der Waals surface area contributed by atoms with Crippen LogP contribution in [0.2, 0.25) is 0 Å². The molecule has 2 aromatic rings. The molecular formula is C24H30N2O3. The average molecular weight is 395 g/mol. The van der Waals surface area contributed by atoms with Gasteiger partial charge in [-0.25, -0.2) is 0 Å². The molecule has 0 radical (unpaired) electrons. The molecule has 0 aliphatic rings. The van der Waals surface area contributed by atoms with Gasteiger partial charge in [-0.1, -0.05) is 42.5 Å². The first-order chi connectivity index (χ1) is 13.8. The van der Waals surface area contributed by atoms with Gasteiger partial charge in [0.05, 0.1) is 19.0 Å². The lowest BCUT2D eigenvalue weighted by Gasteiger charge is -2.27. The van der Waals surface area contributed by atoms with E-state index in [-0.39, 0.29) is 18.6 Å². The zero-order valence-corrected chi connectivity index (χ0v) is 17.7. The predicted molar refractivity (Wildman–Crippen MR) is 113 cm³/mol. The van der Waals surface area contributed by atoms with E-state index in [1.165, 1.54) is 0 Å². The zero-order chi connectivity index (χ0) is 21.3. The van der Waals surface area contributed by atoms with E-state index in [0.717, 1.165) is 16.9 Å². The van der Waals surface area contributed by atoms with Gasteiger partial charge in [0.1, 0.15) is 18.0 Å². The van der Waals surface area contributed by atoms with E-state index in [1.54, 1.807) is 0 Å². The van der Waals surface area contributed by atoms with Crippen molar-refractivity contribution in [2.75, 3.05) is 13.6 Å². The van der Waals surface area contributed by atoms with Crippen LogP contribution in [0.25, 0.3) is 0 Å². The Morgan fingerprint density at radius 1 is 1.07 bits per heavy atom. The first-order valence-corrected chi connectivity index (χ1v) is 9.81. The predicted octanol–water partition coefficient (Wildman–Crippen LogP) is 4.36. The molecule has 0 amide bonds. The summed E-state index contributed by atoms with van der Waals surface area (Å²) in [5.74, 6) is 0.518. The molecule has 0 bridgehead atoms. The Labute approximate surface area is 173 Å². The Morgan fingerprint density at radius 3 is 2.31 bits per heavy atom. The van der Waals surface area contributed by atoms with Crippen LogP contribution in [0, 0.1) is 11.3 Å². The van der Waals surface area contributed by atoms with Crippen molar-refractivity contribution in [3.05, 3.63) is 65.7 Å². The fraction of sp³-hybridized carbons (Fsp3) is 0.417. The number of hydrogen-bond donors (Lipinski definition) is 0. The van der Waals surface area contributed by atoms with Crippen molar-refractivity contribution in [1.29, 1.82) is 5.26 Å². The van der Waals surface area contributed by atoms with Gasteiger partial charge in [0, 0.05) is 6.04 Å². The van der Waals surface area contributed by atoms with Crippen LogP contribution in [-0.4, -0.2) is 36.1 Å². The topological polar surface area (TPSA) is 62.6 Å². The molecule has 0 fully saturated rings. The minimum Gasteiger partial charge on any atom is -0.489 e. The molecule has 2 rings (SSSR count). The third kappa shape index (κ3) is 8.37. The number of ether oxygens (including phenoxy) is 2. The van der Waals surface area contributed by atoms with Gasteiger partial charge in [-0.2, -0.15) is 5.26 Å². The van der Waals surface area contributed by atoms with E-state index < -0.39 is 5.60 Å². The molecule has 154 valence electrons. The lowest BCUT2D eigenvalue weighted by molar-refractivity contribution is -0.156. The van der Waals surface area contributed by atoms with Crippen molar-refractivity contribution < 1.29 is 14.3 Å². The molecule has 0 spiro atoms. The quantitative estimate of drug-likeness (QED) is 0.591. The van der Waals surface area contributed by atoms with Crippen molar-refractivity contribution >= 4 is 5.97 Å². The van der Waals surface area contributed by atoms with Gasteiger partial charge < -0.3 is 9.47 Å². The van der Waals surface area contributed by atoms with Crippen molar-refractivity contribution in [3.8, 4) is 11.8 Å². The van der Waals surface area contributed by atoms with Crippen molar-refractivity contribution in [1.82, 2.24) is 4.90 Å². The van der Waals surface area contributed by atoms with Crippen molar-refractivity contribution in [2.45, 2.75) is 51.9 Å². The number of benzene rings is 2. The average Bonchev–Trinajstić information content (AvgIpc) is 2.66. The monoisotopic (exact) mass is 394 g/mol. The second-order valence-electron chi connectivity index (χ2n) is 8.14. The fourth-order valence-electron chi connectivity index (χ4n) is 2.93. The van der Waals surface area contributed by atoms with E-state index in [4.69, 9.17) is 9.47 Å². The normalized spacial score (nSPS) is 12.3. The maximum Gasteiger partial charge on any atom is 0.320 e. The molecule has 0 saturated carbocycles. The van der Waals surface area contributed by atoms with Crippen LogP contribution in [0.3, 0.4) is 0 Å². The third-order valence-electron chi connectivity index (χ3n) is 4.39. The molecule has 0 N–H and O–H groups in total. The van der Waals surface area contributed by atoms with Gasteiger partial charge in [-0.15, -0.1) is 0 Å². The summed E-state index contributed by atoms with van der Waals surface area (Å²) in [7, 11) is 1.85. The second-order valence-corrected chi connectivity index (χ2v) is 8.14. The van der Waals surface area contributed by atoms with Gasteiger partial charge in [0.2, 0.25) is 0 Å². The van der Waals surface area contributed by atoms with E-state index >= 15 is 0 Å². The standard InChI is InChI=1S/C24H30N2O3/c1-24(2,3)29-23(27)17-26(4)21(14-15-25)16-19-10-12-22(13-11-19)28-18-20-8-6-5-7-9-20/h5-13,21H,14,16-18H2,1-4H3/t21-/m1/s1. The number of carbonyl (C=O) groups excluding carboxylic acids is 1. The Kier molecular flexibility index (Phi) is 8.23. The van der Waals surface area contributed by atoms with Gasteiger partial charge in [-0.05, 0) is 57.5 Å². The molecule has 0 aliphatic carbocycles. The Balaban J connectivity index is 1.92. The molecule has 1 atom stereocenters. The van der Waals surface area contributed by atoms with Crippen LogP contribution < -0.4 is 4.74 Å². The van der Waals surface area contributed by atoms with Gasteiger partial charge >= 0.3 is 5.97 Å². The van der Waals surface area contributed by atoms with Crippen molar-refractivity contribution in [3.63, 3.8) is 0 Å². The van der Waals surface area contributed by atoms with E-state index in [1.807, 2.05) is 87.3 Å². The highest BCUT2D eigenvalue weighted by Gasteiger charge is 2.22. The maximum absolute atomic E-state index is 12.1.